The van der Waals surface area contributed by atoms with E-state index < -0.39 is 0 Å². The third-order valence-corrected chi connectivity index (χ3v) is 6.10. The van der Waals surface area contributed by atoms with Gasteiger partial charge in [-0.2, -0.15) is 0 Å². The monoisotopic (exact) mass is 274 g/mol. The molecule has 0 heteroatoms. The predicted octanol–water partition coefficient (Wildman–Crippen LogP) is 5.14. The quantitative estimate of drug-likeness (QED) is 0.675. The lowest BCUT2D eigenvalue weighted by molar-refractivity contribution is 0.475. The Bertz CT molecular complexity index is 711. The molecule has 1 fully saturated rings. The maximum Gasteiger partial charge on any atom is -0.0114 e. The van der Waals surface area contributed by atoms with Crippen LogP contribution in [-0.4, -0.2) is 0 Å². The van der Waals surface area contributed by atoms with Crippen LogP contribution in [0.4, 0.5) is 0 Å². The van der Waals surface area contributed by atoms with Crippen molar-refractivity contribution in [3.05, 3.63) is 58.7 Å². The minimum Gasteiger partial charge on any atom is -0.0622 e. The Balaban J connectivity index is 1.80. The van der Waals surface area contributed by atoms with E-state index in [-0.39, 0.29) is 0 Å². The van der Waals surface area contributed by atoms with E-state index in [2.05, 4.69) is 43.3 Å². The molecule has 0 bridgehead atoms. The van der Waals surface area contributed by atoms with Crippen molar-refractivity contribution in [2.75, 3.05) is 0 Å². The second kappa shape index (κ2) is 4.22. The molecule has 0 saturated heterocycles. The topological polar surface area (TPSA) is 0 Å². The highest BCUT2D eigenvalue weighted by Crippen LogP contribution is 2.59. The molecule has 3 aliphatic carbocycles. The Morgan fingerprint density at radius 1 is 1.00 bits per heavy atom. The van der Waals surface area contributed by atoms with Gasteiger partial charge in [0.1, 0.15) is 0 Å². The molecule has 0 amide bonds. The van der Waals surface area contributed by atoms with Crippen molar-refractivity contribution in [2.45, 2.75) is 44.9 Å². The maximum atomic E-state index is 2.60. The van der Waals surface area contributed by atoms with Gasteiger partial charge in [-0.05, 0) is 83.2 Å². The summed E-state index contributed by atoms with van der Waals surface area (Å²) in [5, 5.41) is 0. The van der Waals surface area contributed by atoms with Crippen LogP contribution in [0.1, 0.15) is 47.9 Å². The molecule has 2 aromatic carbocycles. The average molecular weight is 274 g/mol. The van der Waals surface area contributed by atoms with Crippen LogP contribution in [0.2, 0.25) is 0 Å². The zero-order valence-corrected chi connectivity index (χ0v) is 12.7. The molecule has 2 aromatic rings. The first-order valence-electron chi connectivity index (χ1n) is 8.56. The Morgan fingerprint density at radius 3 is 2.71 bits per heavy atom. The maximum absolute atomic E-state index is 2.60. The standard InChI is InChI=1S/C21H22/c1-13-10-20-18(19-12-17(13)19)11-15-8-5-9-16(15)21(20)14-6-3-2-4-7-14/h2-4,6-7,11,13,17,19H,5,8-10,12H2,1H3. The molecule has 1 saturated carbocycles. The SMILES string of the molecule is CC1Cc2c(cc3c(c2-c2ccccc2)CCC3)C2CC12. The molecule has 21 heavy (non-hydrogen) atoms. The van der Waals surface area contributed by atoms with E-state index in [4.69, 9.17) is 0 Å². The van der Waals surface area contributed by atoms with Crippen LogP contribution in [-0.2, 0) is 19.3 Å². The smallest absolute Gasteiger partial charge is 0.0114 e. The molecule has 3 atom stereocenters. The molecular formula is C21H22. The van der Waals surface area contributed by atoms with Gasteiger partial charge >= 0.3 is 0 Å². The Hall–Kier alpha value is -1.56. The zero-order valence-electron chi connectivity index (χ0n) is 12.7. The summed E-state index contributed by atoms with van der Waals surface area (Å²) in [5.74, 6) is 2.75. The lowest BCUT2D eigenvalue weighted by Gasteiger charge is -2.26. The second-order valence-corrected chi connectivity index (χ2v) is 7.36. The van der Waals surface area contributed by atoms with Gasteiger partial charge in [0, 0.05) is 0 Å². The highest BCUT2D eigenvalue weighted by atomic mass is 14.5. The minimum absolute atomic E-state index is 0.879. The highest BCUT2D eigenvalue weighted by Gasteiger charge is 2.47. The lowest BCUT2D eigenvalue weighted by atomic mass is 9.78. The molecule has 0 heterocycles. The van der Waals surface area contributed by atoms with E-state index in [9.17, 15) is 0 Å². The van der Waals surface area contributed by atoms with Crippen LogP contribution in [0.15, 0.2) is 36.4 Å². The van der Waals surface area contributed by atoms with E-state index in [1.54, 1.807) is 27.8 Å². The molecule has 0 aromatic heterocycles. The lowest BCUT2D eigenvalue weighted by Crippen LogP contribution is -2.14. The van der Waals surface area contributed by atoms with Crippen LogP contribution in [0.5, 0.6) is 0 Å². The van der Waals surface area contributed by atoms with E-state index in [1.807, 2.05) is 0 Å². The van der Waals surface area contributed by atoms with Gasteiger partial charge in [-0.15, -0.1) is 0 Å². The molecule has 3 aliphatic rings. The Labute approximate surface area is 127 Å². The molecule has 0 aliphatic heterocycles. The normalized spacial score (nSPS) is 28.7. The molecule has 3 unspecified atom stereocenters. The molecular weight excluding hydrogens is 252 g/mol. The molecule has 0 N–H and O–H groups in total. The van der Waals surface area contributed by atoms with Crippen LogP contribution < -0.4 is 0 Å². The molecule has 0 radical (unpaired) electrons. The third-order valence-electron chi connectivity index (χ3n) is 6.10. The average Bonchev–Trinajstić information content (AvgIpc) is 3.19. The number of rotatable bonds is 1. The van der Waals surface area contributed by atoms with Crippen molar-refractivity contribution < 1.29 is 0 Å². The van der Waals surface area contributed by atoms with Gasteiger partial charge in [-0.3, -0.25) is 0 Å². The van der Waals surface area contributed by atoms with Gasteiger partial charge in [-0.1, -0.05) is 43.3 Å². The summed E-state index contributed by atoms with van der Waals surface area (Å²) in [7, 11) is 0. The Morgan fingerprint density at radius 2 is 1.86 bits per heavy atom. The first kappa shape index (κ1) is 12.0. The summed E-state index contributed by atoms with van der Waals surface area (Å²) in [4.78, 5) is 0. The van der Waals surface area contributed by atoms with E-state index in [0.717, 1.165) is 17.8 Å². The summed E-state index contributed by atoms with van der Waals surface area (Å²) in [5.41, 5.74) is 9.83. The van der Waals surface area contributed by atoms with Crippen molar-refractivity contribution in [3.63, 3.8) is 0 Å². The van der Waals surface area contributed by atoms with Gasteiger partial charge < -0.3 is 0 Å². The second-order valence-electron chi connectivity index (χ2n) is 7.36. The van der Waals surface area contributed by atoms with Crippen LogP contribution in [0.3, 0.4) is 0 Å². The van der Waals surface area contributed by atoms with Crippen molar-refractivity contribution in [3.8, 4) is 11.1 Å². The van der Waals surface area contributed by atoms with Crippen LogP contribution >= 0.6 is 0 Å². The van der Waals surface area contributed by atoms with Crippen molar-refractivity contribution in [2.24, 2.45) is 11.8 Å². The van der Waals surface area contributed by atoms with Gasteiger partial charge in [0.05, 0.1) is 0 Å². The summed E-state index contributed by atoms with van der Waals surface area (Å²) >= 11 is 0. The van der Waals surface area contributed by atoms with Gasteiger partial charge in [0.15, 0.2) is 0 Å². The van der Waals surface area contributed by atoms with Gasteiger partial charge in [0.25, 0.3) is 0 Å². The summed E-state index contributed by atoms with van der Waals surface area (Å²) in [6.45, 7) is 2.47. The number of fused-ring (bicyclic) bond motifs is 4. The first-order valence-corrected chi connectivity index (χ1v) is 8.56. The summed E-state index contributed by atoms with van der Waals surface area (Å²) < 4.78 is 0. The zero-order chi connectivity index (χ0) is 14.0. The molecule has 5 rings (SSSR count). The van der Waals surface area contributed by atoms with E-state index in [1.165, 1.54) is 37.7 Å². The summed E-state index contributed by atoms with van der Waals surface area (Å²) in [6, 6.07) is 13.8. The van der Waals surface area contributed by atoms with Crippen molar-refractivity contribution >= 4 is 0 Å². The number of aryl methyl sites for hydroxylation is 1. The molecule has 0 spiro atoms. The van der Waals surface area contributed by atoms with Crippen molar-refractivity contribution in [1.29, 1.82) is 0 Å². The van der Waals surface area contributed by atoms with Crippen molar-refractivity contribution in [1.82, 2.24) is 0 Å². The highest BCUT2D eigenvalue weighted by molar-refractivity contribution is 5.76. The van der Waals surface area contributed by atoms with Crippen LogP contribution in [0.25, 0.3) is 11.1 Å². The van der Waals surface area contributed by atoms with E-state index in [0.29, 0.717) is 0 Å². The fraction of sp³-hybridized carbons (Fsp3) is 0.429. The third kappa shape index (κ3) is 1.68. The summed E-state index contributed by atoms with van der Waals surface area (Å²) in [6.07, 6.45) is 6.68. The fourth-order valence-corrected chi connectivity index (χ4v) is 4.99. The molecule has 0 nitrogen and oxygen atoms in total. The minimum atomic E-state index is 0.879. The first-order chi connectivity index (χ1) is 10.3. The predicted molar refractivity (Wildman–Crippen MR) is 87.6 cm³/mol. The van der Waals surface area contributed by atoms with Gasteiger partial charge in [0.2, 0.25) is 0 Å². The fourth-order valence-electron chi connectivity index (χ4n) is 4.99. The van der Waals surface area contributed by atoms with Gasteiger partial charge in [-0.25, -0.2) is 0 Å². The van der Waals surface area contributed by atoms with E-state index >= 15 is 0 Å². The number of hydrogen-bond donors (Lipinski definition) is 0. The largest absolute Gasteiger partial charge is 0.0622 e. The number of hydrogen-bond acceptors (Lipinski definition) is 0. The Kier molecular flexibility index (Phi) is 2.42. The van der Waals surface area contributed by atoms with Crippen LogP contribution in [0, 0.1) is 11.8 Å². The number of benzene rings is 2. The molecule has 106 valence electrons.